The number of aryl methyl sites for hydroxylation is 2. The zero-order valence-electron chi connectivity index (χ0n) is 18.6. The molecule has 2 aromatic heterocycles. The average molecular weight is 389 g/mol. The zero-order chi connectivity index (χ0) is 20.8. The highest BCUT2D eigenvalue weighted by atomic mass is 15.3. The molecule has 156 valence electrons. The van der Waals surface area contributed by atoms with Gasteiger partial charge in [0.25, 0.3) is 0 Å². The summed E-state index contributed by atoms with van der Waals surface area (Å²) < 4.78 is 3.73. The first-order valence-electron chi connectivity index (χ1n) is 9.89. The van der Waals surface area contributed by atoms with E-state index >= 15 is 0 Å². The van der Waals surface area contributed by atoms with Crippen LogP contribution in [0.5, 0.6) is 0 Å². The lowest BCUT2D eigenvalue weighted by molar-refractivity contribution is 0.305. The summed E-state index contributed by atoms with van der Waals surface area (Å²) in [6, 6.07) is 0.181. The fourth-order valence-corrected chi connectivity index (χ4v) is 3.31. The largest absolute Gasteiger partial charge is 0.357 e. The number of likely N-dealkylation sites (N-methyl/N-ethyl adjacent to an activating group) is 1. The molecule has 2 heterocycles. The molecule has 8 nitrogen and oxygen atoms in total. The minimum absolute atomic E-state index is 0.181. The molecule has 0 amide bonds. The van der Waals surface area contributed by atoms with Gasteiger partial charge in [0.05, 0.1) is 24.5 Å². The van der Waals surface area contributed by atoms with E-state index in [0.29, 0.717) is 12.5 Å². The molecule has 8 heteroatoms. The first-order chi connectivity index (χ1) is 13.2. The van der Waals surface area contributed by atoms with Crippen molar-refractivity contribution in [1.29, 1.82) is 0 Å². The van der Waals surface area contributed by atoms with Crippen molar-refractivity contribution in [3.05, 3.63) is 35.4 Å². The Morgan fingerprint density at radius 2 is 1.89 bits per heavy atom. The molecule has 0 fully saturated rings. The van der Waals surface area contributed by atoms with Crippen LogP contribution in [0, 0.1) is 0 Å². The lowest BCUT2D eigenvalue weighted by atomic mass is 10.1. The topological polar surface area (TPSA) is 66.5 Å². The Balaban J connectivity index is 2.18. The van der Waals surface area contributed by atoms with Gasteiger partial charge in [-0.05, 0) is 26.9 Å². The van der Waals surface area contributed by atoms with Gasteiger partial charge in [-0.1, -0.05) is 13.8 Å². The van der Waals surface area contributed by atoms with Gasteiger partial charge in [-0.3, -0.25) is 14.4 Å². The third-order valence-corrected chi connectivity index (χ3v) is 4.73. The normalized spacial score (nSPS) is 13.4. The summed E-state index contributed by atoms with van der Waals surface area (Å²) >= 11 is 0. The highest BCUT2D eigenvalue weighted by Crippen LogP contribution is 2.20. The number of aromatic nitrogens is 4. The molecule has 1 atom stereocenters. The number of aliphatic imine (C=N–C) groups is 1. The van der Waals surface area contributed by atoms with Crippen molar-refractivity contribution < 1.29 is 0 Å². The summed E-state index contributed by atoms with van der Waals surface area (Å²) in [6.45, 7) is 8.72. The Bertz CT molecular complexity index is 771. The van der Waals surface area contributed by atoms with Gasteiger partial charge < -0.3 is 15.1 Å². The van der Waals surface area contributed by atoms with Gasteiger partial charge >= 0.3 is 0 Å². The third-order valence-electron chi connectivity index (χ3n) is 4.73. The molecule has 28 heavy (non-hydrogen) atoms. The maximum absolute atomic E-state index is 4.92. The Kier molecular flexibility index (Phi) is 7.62. The first kappa shape index (κ1) is 21.9. The Labute approximate surface area is 169 Å². The van der Waals surface area contributed by atoms with Crippen LogP contribution < -0.4 is 5.32 Å². The van der Waals surface area contributed by atoms with Crippen LogP contribution in [0.4, 0.5) is 0 Å². The second kappa shape index (κ2) is 9.73. The number of rotatable bonds is 8. The van der Waals surface area contributed by atoms with Crippen molar-refractivity contribution in [3.8, 4) is 0 Å². The van der Waals surface area contributed by atoms with E-state index in [1.165, 1.54) is 11.1 Å². The molecule has 0 saturated heterocycles. The van der Waals surface area contributed by atoms with Crippen molar-refractivity contribution in [1.82, 2.24) is 34.7 Å². The monoisotopic (exact) mass is 388 g/mol. The van der Waals surface area contributed by atoms with Crippen LogP contribution in [0.3, 0.4) is 0 Å². The van der Waals surface area contributed by atoms with Crippen LogP contribution in [0.25, 0.3) is 0 Å². The van der Waals surface area contributed by atoms with Crippen molar-refractivity contribution in [3.63, 3.8) is 0 Å². The fourth-order valence-electron chi connectivity index (χ4n) is 3.31. The van der Waals surface area contributed by atoms with Gasteiger partial charge in [0.15, 0.2) is 5.96 Å². The SMILES string of the molecule is CCNC(=NCC(c1cnn(C)c1)N(C)C)N(C)Cc1cn(C)nc1C(C)C. The number of guanidine groups is 1. The van der Waals surface area contributed by atoms with Gasteiger partial charge in [0, 0.05) is 57.8 Å². The van der Waals surface area contributed by atoms with E-state index < -0.39 is 0 Å². The second-order valence-corrected chi connectivity index (χ2v) is 7.85. The molecule has 0 bridgehead atoms. The van der Waals surface area contributed by atoms with Crippen LogP contribution in [-0.4, -0.2) is 69.6 Å². The van der Waals surface area contributed by atoms with Crippen molar-refractivity contribution in [2.45, 2.75) is 39.3 Å². The number of hydrogen-bond donors (Lipinski definition) is 1. The van der Waals surface area contributed by atoms with Gasteiger partial charge in [-0.15, -0.1) is 0 Å². The Hall–Kier alpha value is -2.35. The van der Waals surface area contributed by atoms with E-state index in [2.05, 4.69) is 79.6 Å². The molecule has 0 aliphatic heterocycles. The molecule has 2 rings (SSSR count). The molecule has 1 N–H and O–H groups in total. The summed E-state index contributed by atoms with van der Waals surface area (Å²) in [5, 5.41) is 12.3. The van der Waals surface area contributed by atoms with E-state index in [9.17, 15) is 0 Å². The molecular formula is C20H36N8. The standard InChI is InChI=1S/C20H36N8/c1-9-21-20(22-11-18(25(4)5)16-10-23-27(7)13-16)26(6)12-17-14-28(8)24-19(17)15(2)3/h10,13-15,18H,9,11-12H2,1-8H3,(H,21,22). The summed E-state index contributed by atoms with van der Waals surface area (Å²) in [7, 11) is 10.2. The molecule has 2 aromatic rings. The lowest BCUT2D eigenvalue weighted by Gasteiger charge is -2.25. The van der Waals surface area contributed by atoms with Crippen LogP contribution in [-0.2, 0) is 20.6 Å². The van der Waals surface area contributed by atoms with Crippen molar-refractivity contribution in [2.75, 3.05) is 34.2 Å². The van der Waals surface area contributed by atoms with Gasteiger partial charge in [0.2, 0.25) is 0 Å². The molecule has 0 aromatic carbocycles. The smallest absolute Gasteiger partial charge is 0.194 e. The number of hydrogen-bond acceptors (Lipinski definition) is 4. The van der Waals surface area contributed by atoms with E-state index in [0.717, 1.165) is 24.7 Å². The summed E-state index contributed by atoms with van der Waals surface area (Å²) in [4.78, 5) is 9.28. The van der Waals surface area contributed by atoms with Gasteiger partial charge in [0.1, 0.15) is 0 Å². The minimum Gasteiger partial charge on any atom is -0.357 e. The quantitative estimate of drug-likeness (QED) is 0.553. The van der Waals surface area contributed by atoms with Crippen molar-refractivity contribution >= 4 is 5.96 Å². The van der Waals surface area contributed by atoms with Gasteiger partial charge in [-0.25, -0.2) is 0 Å². The fraction of sp³-hybridized carbons (Fsp3) is 0.650. The van der Waals surface area contributed by atoms with E-state index in [-0.39, 0.29) is 6.04 Å². The molecule has 0 radical (unpaired) electrons. The highest BCUT2D eigenvalue weighted by molar-refractivity contribution is 5.79. The highest BCUT2D eigenvalue weighted by Gasteiger charge is 2.18. The van der Waals surface area contributed by atoms with E-state index in [1.54, 1.807) is 0 Å². The number of nitrogens with zero attached hydrogens (tertiary/aromatic N) is 7. The summed E-state index contributed by atoms with van der Waals surface area (Å²) in [5.74, 6) is 1.30. The molecular weight excluding hydrogens is 352 g/mol. The first-order valence-corrected chi connectivity index (χ1v) is 9.89. The zero-order valence-corrected chi connectivity index (χ0v) is 18.6. The number of nitrogens with one attached hydrogen (secondary N) is 1. The molecule has 0 saturated carbocycles. The van der Waals surface area contributed by atoms with Crippen LogP contribution in [0.1, 0.15) is 49.6 Å². The Morgan fingerprint density at radius 3 is 2.43 bits per heavy atom. The third kappa shape index (κ3) is 5.58. The molecule has 0 aliphatic carbocycles. The predicted molar refractivity (Wildman–Crippen MR) is 114 cm³/mol. The van der Waals surface area contributed by atoms with E-state index in [1.807, 2.05) is 29.7 Å². The second-order valence-electron chi connectivity index (χ2n) is 7.85. The van der Waals surface area contributed by atoms with Crippen molar-refractivity contribution in [2.24, 2.45) is 19.1 Å². The minimum atomic E-state index is 0.181. The average Bonchev–Trinajstić information content (AvgIpc) is 3.19. The lowest BCUT2D eigenvalue weighted by Crippen LogP contribution is -2.39. The predicted octanol–water partition coefficient (Wildman–Crippen LogP) is 1.98. The maximum Gasteiger partial charge on any atom is 0.194 e. The van der Waals surface area contributed by atoms with E-state index in [4.69, 9.17) is 4.99 Å². The molecule has 0 spiro atoms. The summed E-state index contributed by atoms with van der Waals surface area (Å²) in [6.07, 6.45) is 6.08. The van der Waals surface area contributed by atoms with Gasteiger partial charge in [-0.2, -0.15) is 10.2 Å². The maximum atomic E-state index is 4.92. The Morgan fingerprint density at radius 1 is 1.18 bits per heavy atom. The van der Waals surface area contributed by atoms with Crippen LogP contribution in [0.2, 0.25) is 0 Å². The van der Waals surface area contributed by atoms with Crippen LogP contribution >= 0.6 is 0 Å². The summed E-state index contributed by atoms with van der Waals surface area (Å²) in [5.41, 5.74) is 3.55. The van der Waals surface area contributed by atoms with Crippen LogP contribution in [0.15, 0.2) is 23.6 Å². The molecule has 0 aliphatic rings. The molecule has 1 unspecified atom stereocenters.